The predicted octanol–water partition coefficient (Wildman–Crippen LogP) is 2.83. The van der Waals surface area contributed by atoms with Crippen molar-refractivity contribution in [2.45, 2.75) is 26.2 Å². The van der Waals surface area contributed by atoms with Gasteiger partial charge in [-0.2, -0.15) is 0 Å². The molecular weight excluding hydrogens is 325 g/mol. The summed E-state index contributed by atoms with van der Waals surface area (Å²) in [6.45, 7) is 2.11. The van der Waals surface area contributed by atoms with Crippen molar-refractivity contribution in [3.63, 3.8) is 0 Å². The Morgan fingerprint density at radius 2 is 1.84 bits per heavy atom. The normalized spacial score (nSPS) is 11.6. The van der Waals surface area contributed by atoms with Gasteiger partial charge in [0.05, 0.1) is 12.2 Å². The molecule has 0 saturated carbocycles. The number of esters is 1. The fourth-order valence-corrected chi connectivity index (χ4v) is 2.17. The SMILES string of the molecule is COCc1cccc(C(=O)O[C@@H](C)C(=O)NCc2ccc(F)cc2)c1. The van der Waals surface area contributed by atoms with Gasteiger partial charge >= 0.3 is 5.97 Å². The minimum Gasteiger partial charge on any atom is -0.449 e. The zero-order valence-electron chi connectivity index (χ0n) is 14.1. The summed E-state index contributed by atoms with van der Waals surface area (Å²) in [7, 11) is 1.57. The lowest BCUT2D eigenvalue weighted by molar-refractivity contribution is -0.129. The highest BCUT2D eigenvalue weighted by atomic mass is 19.1. The van der Waals surface area contributed by atoms with E-state index in [0.717, 1.165) is 11.1 Å². The number of amides is 1. The van der Waals surface area contributed by atoms with Crippen LogP contribution in [0.4, 0.5) is 4.39 Å². The van der Waals surface area contributed by atoms with Gasteiger partial charge in [-0.3, -0.25) is 4.79 Å². The molecule has 0 heterocycles. The van der Waals surface area contributed by atoms with Crippen LogP contribution >= 0.6 is 0 Å². The van der Waals surface area contributed by atoms with Crippen LogP contribution in [0.2, 0.25) is 0 Å². The molecule has 1 atom stereocenters. The van der Waals surface area contributed by atoms with Crippen LogP contribution < -0.4 is 5.32 Å². The third-order valence-electron chi connectivity index (χ3n) is 3.51. The van der Waals surface area contributed by atoms with Gasteiger partial charge in [-0.15, -0.1) is 0 Å². The standard InChI is InChI=1S/C19H20FNO4/c1-13(18(22)21-11-14-6-8-17(20)9-7-14)25-19(23)16-5-3-4-15(10-16)12-24-2/h3-10,13H,11-12H2,1-2H3,(H,21,22)/t13-/m0/s1. The van der Waals surface area contributed by atoms with Crippen molar-refractivity contribution < 1.29 is 23.5 Å². The monoisotopic (exact) mass is 345 g/mol. The van der Waals surface area contributed by atoms with E-state index in [4.69, 9.17) is 9.47 Å². The molecule has 0 aromatic heterocycles. The van der Waals surface area contributed by atoms with Crippen LogP contribution in [0.25, 0.3) is 0 Å². The smallest absolute Gasteiger partial charge is 0.338 e. The lowest BCUT2D eigenvalue weighted by atomic mass is 10.1. The molecular formula is C19H20FNO4. The van der Waals surface area contributed by atoms with Crippen LogP contribution in [0.1, 0.15) is 28.4 Å². The Morgan fingerprint density at radius 3 is 2.52 bits per heavy atom. The fraction of sp³-hybridized carbons (Fsp3) is 0.263. The van der Waals surface area contributed by atoms with Gasteiger partial charge in [0.25, 0.3) is 5.91 Å². The molecule has 1 N–H and O–H groups in total. The van der Waals surface area contributed by atoms with Gasteiger partial charge in [0.2, 0.25) is 0 Å². The summed E-state index contributed by atoms with van der Waals surface area (Å²) >= 11 is 0. The first-order valence-corrected chi connectivity index (χ1v) is 7.80. The lowest BCUT2D eigenvalue weighted by Crippen LogP contribution is -2.35. The lowest BCUT2D eigenvalue weighted by Gasteiger charge is -2.14. The van der Waals surface area contributed by atoms with Crippen molar-refractivity contribution >= 4 is 11.9 Å². The summed E-state index contributed by atoms with van der Waals surface area (Å²) in [6, 6.07) is 12.6. The van der Waals surface area contributed by atoms with Crippen LogP contribution in [0, 0.1) is 5.82 Å². The molecule has 5 nitrogen and oxygen atoms in total. The molecule has 25 heavy (non-hydrogen) atoms. The number of carbonyl (C=O) groups excluding carboxylic acids is 2. The number of halogens is 1. The topological polar surface area (TPSA) is 64.6 Å². The van der Waals surface area contributed by atoms with E-state index >= 15 is 0 Å². The minimum absolute atomic E-state index is 0.227. The average molecular weight is 345 g/mol. The number of hydrogen-bond donors (Lipinski definition) is 1. The van der Waals surface area contributed by atoms with Crippen LogP contribution in [0.3, 0.4) is 0 Å². The Kier molecular flexibility index (Phi) is 6.65. The molecule has 0 aliphatic carbocycles. The Morgan fingerprint density at radius 1 is 1.12 bits per heavy atom. The molecule has 2 aromatic rings. The summed E-state index contributed by atoms with van der Waals surface area (Å²) in [4.78, 5) is 24.2. The van der Waals surface area contributed by atoms with Crippen molar-refractivity contribution in [3.05, 3.63) is 71.0 Å². The number of methoxy groups -OCH3 is 1. The number of hydrogen-bond acceptors (Lipinski definition) is 4. The molecule has 0 saturated heterocycles. The van der Waals surface area contributed by atoms with Gasteiger partial charge in [-0.1, -0.05) is 24.3 Å². The molecule has 0 bridgehead atoms. The molecule has 0 spiro atoms. The van der Waals surface area contributed by atoms with Crippen molar-refractivity contribution in [1.82, 2.24) is 5.32 Å². The van der Waals surface area contributed by atoms with E-state index in [1.165, 1.54) is 19.1 Å². The second kappa shape index (κ2) is 8.94. The number of nitrogens with one attached hydrogen (secondary N) is 1. The van der Waals surface area contributed by atoms with Gasteiger partial charge < -0.3 is 14.8 Å². The summed E-state index contributed by atoms with van der Waals surface area (Å²) in [6.07, 6.45) is -0.945. The summed E-state index contributed by atoms with van der Waals surface area (Å²) in [5.41, 5.74) is 1.94. The zero-order chi connectivity index (χ0) is 18.2. The number of ether oxygens (including phenoxy) is 2. The van der Waals surface area contributed by atoms with Gasteiger partial charge in [0.15, 0.2) is 6.10 Å². The van der Waals surface area contributed by atoms with Crippen LogP contribution in [-0.4, -0.2) is 25.1 Å². The third kappa shape index (κ3) is 5.69. The molecule has 1 amide bonds. The second-order valence-corrected chi connectivity index (χ2v) is 5.53. The molecule has 2 aromatic carbocycles. The van der Waals surface area contributed by atoms with E-state index in [1.54, 1.807) is 37.4 Å². The van der Waals surface area contributed by atoms with E-state index in [-0.39, 0.29) is 12.4 Å². The third-order valence-corrected chi connectivity index (χ3v) is 3.51. The maximum atomic E-state index is 12.8. The molecule has 0 fully saturated rings. The summed E-state index contributed by atoms with van der Waals surface area (Å²) in [5, 5.41) is 2.65. The van der Waals surface area contributed by atoms with Crippen LogP contribution in [0.15, 0.2) is 48.5 Å². The average Bonchev–Trinajstić information content (AvgIpc) is 2.61. The van der Waals surface area contributed by atoms with E-state index in [1.807, 2.05) is 6.07 Å². The molecule has 0 radical (unpaired) electrons. The first-order chi connectivity index (χ1) is 12.0. The minimum atomic E-state index is -0.945. The first kappa shape index (κ1) is 18.6. The largest absolute Gasteiger partial charge is 0.449 e. The van der Waals surface area contributed by atoms with Crippen LogP contribution in [0.5, 0.6) is 0 Å². The molecule has 0 aliphatic rings. The van der Waals surface area contributed by atoms with E-state index in [0.29, 0.717) is 12.2 Å². The Bertz CT molecular complexity index is 730. The van der Waals surface area contributed by atoms with Gasteiger partial charge in [0.1, 0.15) is 5.82 Å². The zero-order valence-corrected chi connectivity index (χ0v) is 14.1. The maximum absolute atomic E-state index is 12.8. The summed E-state index contributed by atoms with van der Waals surface area (Å²) < 4.78 is 23.1. The van der Waals surface area contributed by atoms with Crippen molar-refractivity contribution in [1.29, 1.82) is 0 Å². The van der Waals surface area contributed by atoms with Crippen LogP contribution in [-0.2, 0) is 27.4 Å². The van der Waals surface area contributed by atoms with Crippen molar-refractivity contribution in [2.75, 3.05) is 7.11 Å². The summed E-state index contributed by atoms with van der Waals surface area (Å²) in [5.74, 6) is -1.35. The molecule has 2 rings (SSSR count). The molecule has 0 aliphatic heterocycles. The Balaban J connectivity index is 1.88. The van der Waals surface area contributed by atoms with E-state index in [9.17, 15) is 14.0 Å². The number of carbonyl (C=O) groups is 2. The maximum Gasteiger partial charge on any atom is 0.338 e. The molecule has 0 unspecified atom stereocenters. The van der Waals surface area contributed by atoms with E-state index in [2.05, 4.69) is 5.32 Å². The van der Waals surface area contributed by atoms with Gasteiger partial charge in [-0.25, -0.2) is 9.18 Å². The van der Waals surface area contributed by atoms with Gasteiger partial charge in [0, 0.05) is 13.7 Å². The Labute approximate surface area is 145 Å². The predicted molar refractivity (Wildman–Crippen MR) is 90.3 cm³/mol. The van der Waals surface area contributed by atoms with E-state index < -0.39 is 18.0 Å². The first-order valence-electron chi connectivity index (χ1n) is 7.80. The number of rotatable bonds is 7. The van der Waals surface area contributed by atoms with Crippen molar-refractivity contribution in [2.24, 2.45) is 0 Å². The molecule has 6 heteroatoms. The Hall–Kier alpha value is -2.73. The number of benzene rings is 2. The highest BCUT2D eigenvalue weighted by molar-refractivity contribution is 5.92. The van der Waals surface area contributed by atoms with Gasteiger partial charge in [-0.05, 0) is 42.3 Å². The second-order valence-electron chi connectivity index (χ2n) is 5.53. The fourth-order valence-electron chi connectivity index (χ4n) is 2.17. The quantitative estimate of drug-likeness (QED) is 0.784. The van der Waals surface area contributed by atoms with Crippen molar-refractivity contribution in [3.8, 4) is 0 Å². The highest BCUT2D eigenvalue weighted by Crippen LogP contribution is 2.09. The highest BCUT2D eigenvalue weighted by Gasteiger charge is 2.18. The molecule has 132 valence electrons.